The maximum Gasteiger partial charge on any atom is 0.226 e. The quantitative estimate of drug-likeness (QED) is 0.716. The third kappa shape index (κ3) is 4.32. The number of rotatable bonds is 3. The standard InChI is InChI=1S/C15H19Br2NO/c1-11(16)13-6-8-18(9-7-13)15(19)10-12-2-4-14(17)5-3-12/h2-5,11,13H,6-10H2,1H3. The first-order chi connectivity index (χ1) is 9.06. The van der Waals surface area contributed by atoms with Crippen LogP contribution in [0.2, 0.25) is 0 Å². The molecule has 104 valence electrons. The molecular weight excluding hydrogens is 370 g/mol. The minimum Gasteiger partial charge on any atom is -0.342 e. The van der Waals surface area contributed by atoms with Crippen LogP contribution in [0.1, 0.15) is 25.3 Å². The molecule has 0 bridgehead atoms. The van der Waals surface area contributed by atoms with E-state index in [0.29, 0.717) is 17.2 Å². The lowest BCUT2D eigenvalue weighted by molar-refractivity contribution is -0.131. The highest BCUT2D eigenvalue weighted by molar-refractivity contribution is 9.10. The zero-order valence-corrected chi connectivity index (χ0v) is 14.3. The van der Waals surface area contributed by atoms with Crippen LogP contribution < -0.4 is 0 Å². The summed E-state index contributed by atoms with van der Waals surface area (Å²) in [6.45, 7) is 4.00. The van der Waals surface area contributed by atoms with E-state index in [9.17, 15) is 4.79 Å². The molecule has 2 nitrogen and oxygen atoms in total. The third-order valence-corrected chi connectivity index (χ3v) is 5.09. The molecule has 0 radical (unpaired) electrons. The highest BCUT2D eigenvalue weighted by atomic mass is 79.9. The van der Waals surface area contributed by atoms with Crippen LogP contribution in [-0.4, -0.2) is 28.7 Å². The van der Waals surface area contributed by atoms with E-state index in [2.05, 4.69) is 38.8 Å². The predicted molar refractivity (Wildman–Crippen MR) is 85.5 cm³/mol. The minimum absolute atomic E-state index is 0.253. The molecule has 1 saturated heterocycles. The molecule has 1 atom stereocenters. The lowest BCUT2D eigenvalue weighted by atomic mass is 9.94. The number of amides is 1. The summed E-state index contributed by atoms with van der Waals surface area (Å²) in [6.07, 6.45) is 2.73. The Morgan fingerprint density at radius 3 is 2.42 bits per heavy atom. The summed E-state index contributed by atoms with van der Waals surface area (Å²) in [5.74, 6) is 0.958. The van der Waals surface area contributed by atoms with Crippen molar-refractivity contribution in [3.63, 3.8) is 0 Å². The van der Waals surface area contributed by atoms with Crippen molar-refractivity contribution in [1.82, 2.24) is 4.90 Å². The monoisotopic (exact) mass is 387 g/mol. The Balaban J connectivity index is 1.86. The van der Waals surface area contributed by atoms with Gasteiger partial charge in [0.1, 0.15) is 0 Å². The number of carbonyl (C=O) groups excluding carboxylic acids is 1. The number of piperidine rings is 1. The number of hydrogen-bond acceptors (Lipinski definition) is 1. The van der Waals surface area contributed by atoms with E-state index in [4.69, 9.17) is 0 Å². The third-order valence-electron chi connectivity index (χ3n) is 3.81. The first-order valence-electron chi connectivity index (χ1n) is 6.72. The summed E-state index contributed by atoms with van der Waals surface area (Å²) in [7, 11) is 0. The van der Waals surface area contributed by atoms with Crippen LogP contribution in [0, 0.1) is 5.92 Å². The normalized spacial score (nSPS) is 18.4. The van der Waals surface area contributed by atoms with E-state index in [-0.39, 0.29) is 5.91 Å². The Morgan fingerprint density at radius 2 is 1.89 bits per heavy atom. The van der Waals surface area contributed by atoms with Crippen LogP contribution in [-0.2, 0) is 11.2 Å². The smallest absolute Gasteiger partial charge is 0.226 e. The predicted octanol–water partition coefficient (Wildman–Crippen LogP) is 4.01. The summed E-state index contributed by atoms with van der Waals surface area (Å²) in [5, 5.41) is 0. The van der Waals surface area contributed by atoms with E-state index in [1.54, 1.807) is 0 Å². The Kier molecular flexibility index (Phi) is 5.46. The molecule has 0 N–H and O–H groups in total. The first kappa shape index (κ1) is 15.0. The molecule has 1 aliphatic rings. The second-order valence-electron chi connectivity index (χ2n) is 5.20. The lowest BCUT2D eigenvalue weighted by Crippen LogP contribution is -2.40. The highest BCUT2D eigenvalue weighted by Gasteiger charge is 2.24. The zero-order chi connectivity index (χ0) is 13.8. The number of benzene rings is 1. The number of carbonyl (C=O) groups is 1. The molecule has 0 saturated carbocycles. The summed E-state index contributed by atoms with van der Waals surface area (Å²) in [6, 6.07) is 7.99. The van der Waals surface area contributed by atoms with Gasteiger partial charge in [0.2, 0.25) is 5.91 Å². The van der Waals surface area contributed by atoms with Crippen LogP contribution >= 0.6 is 31.9 Å². The molecule has 1 unspecified atom stereocenters. The van der Waals surface area contributed by atoms with Crippen molar-refractivity contribution in [1.29, 1.82) is 0 Å². The molecule has 1 aliphatic heterocycles. The van der Waals surface area contributed by atoms with Gasteiger partial charge in [-0.15, -0.1) is 0 Å². The van der Waals surface area contributed by atoms with Crippen molar-refractivity contribution < 1.29 is 4.79 Å². The first-order valence-corrected chi connectivity index (χ1v) is 8.43. The van der Waals surface area contributed by atoms with Crippen LogP contribution in [0.5, 0.6) is 0 Å². The van der Waals surface area contributed by atoms with Gasteiger partial charge in [0.15, 0.2) is 0 Å². The molecule has 4 heteroatoms. The van der Waals surface area contributed by atoms with Crippen molar-refractivity contribution in [2.45, 2.75) is 31.0 Å². The zero-order valence-electron chi connectivity index (χ0n) is 11.1. The molecule has 1 heterocycles. The number of hydrogen-bond donors (Lipinski definition) is 0. The van der Waals surface area contributed by atoms with Crippen molar-refractivity contribution in [2.75, 3.05) is 13.1 Å². The maximum absolute atomic E-state index is 12.2. The van der Waals surface area contributed by atoms with Gasteiger partial charge in [-0.05, 0) is 36.5 Å². The highest BCUT2D eigenvalue weighted by Crippen LogP contribution is 2.25. The van der Waals surface area contributed by atoms with Gasteiger partial charge in [-0.1, -0.05) is 50.9 Å². The fourth-order valence-corrected chi connectivity index (χ4v) is 3.29. The van der Waals surface area contributed by atoms with Crippen LogP contribution in [0.4, 0.5) is 0 Å². The fourth-order valence-electron chi connectivity index (χ4n) is 2.50. The van der Waals surface area contributed by atoms with E-state index < -0.39 is 0 Å². The van der Waals surface area contributed by atoms with Gasteiger partial charge in [-0.3, -0.25) is 4.79 Å². The van der Waals surface area contributed by atoms with Gasteiger partial charge in [0.05, 0.1) is 6.42 Å². The van der Waals surface area contributed by atoms with Crippen LogP contribution in [0.3, 0.4) is 0 Å². The van der Waals surface area contributed by atoms with Crippen LogP contribution in [0.25, 0.3) is 0 Å². The molecule has 1 amide bonds. The molecule has 1 aromatic rings. The molecule has 1 aromatic carbocycles. The van der Waals surface area contributed by atoms with Gasteiger partial charge in [-0.25, -0.2) is 0 Å². The Bertz CT molecular complexity index is 422. The Morgan fingerprint density at radius 1 is 1.32 bits per heavy atom. The lowest BCUT2D eigenvalue weighted by Gasteiger charge is -2.33. The van der Waals surface area contributed by atoms with Gasteiger partial charge >= 0.3 is 0 Å². The largest absolute Gasteiger partial charge is 0.342 e. The van der Waals surface area contributed by atoms with Gasteiger partial charge in [0, 0.05) is 22.4 Å². The minimum atomic E-state index is 0.253. The summed E-state index contributed by atoms with van der Waals surface area (Å²) >= 11 is 7.05. The summed E-state index contributed by atoms with van der Waals surface area (Å²) < 4.78 is 1.05. The molecular formula is C15H19Br2NO. The Hall–Kier alpha value is -0.350. The van der Waals surface area contributed by atoms with Gasteiger partial charge in [-0.2, -0.15) is 0 Å². The topological polar surface area (TPSA) is 20.3 Å². The molecule has 1 fully saturated rings. The van der Waals surface area contributed by atoms with Gasteiger partial charge in [0.25, 0.3) is 0 Å². The average Bonchev–Trinajstić information content (AvgIpc) is 2.41. The second kappa shape index (κ2) is 6.89. The van der Waals surface area contributed by atoms with E-state index in [1.165, 1.54) is 0 Å². The van der Waals surface area contributed by atoms with Crippen molar-refractivity contribution in [3.8, 4) is 0 Å². The molecule has 0 spiro atoms. The van der Waals surface area contributed by atoms with Crippen LogP contribution in [0.15, 0.2) is 28.7 Å². The van der Waals surface area contributed by atoms with Crippen molar-refractivity contribution in [3.05, 3.63) is 34.3 Å². The molecule has 19 heavy (non-hydrogen) atoms. The molecule has 2 rings (SSSR count). The summed E-state index contributed by atoms with van der Waals surface area (Å²) in [4.78, 5) is 14.8. The van der Waals surface area contributed by atoms with Gasteiger partial charge < -0.3 is 4.90 Å². The van der Waals surface area contributed by atoms with Crippen molar-refractivity contribution in [2.24, 2.45) is 5.92 Å². The number of likely N-dealkylation sites (tertiary alicyclic amines) is 1. The van der Waals surface area contributed by atoms with Crippen molar-refractivity contribution >= 4 is 37.8 Å². The fraction of sp³-hybridized carbons (Fsp3) is 0.533. The number of alkyl halides is 1. The second-order valence-corrected chi connectivity index (χ2v) is 7.56. The molecule has 0 aliphatic carbocycles. The Labute approximate surface area is 131 Å². The molecule has 0 aromatic heterocycles. The SMILES string of the molecule is CC(Br)C1CCN(C(=O)Cc2ccc(Br)cc2)CC1. The van der Waals surface area contributed by atoms with E-state index in [1.807, 2.05) is 29.2 Å². The van der Waals surface area contributed by atoms with E-state index >= 15 is 0 Å². The number of nitrogens with zero attached hydrogens (tertiary/aromatic N) is 1. The summed E-state index contributed by atoms with van der Waals surface area (Å²) in [5.41, 5.74) is 1.09. The van der Waals surface area contributed by atoms with E-state index in [0.717, 1.165) is 36.0 Å². The maximum atomic E-state index is 12.2. The number of halogens is 2. The average molecular weight is 389 g/mol.